The van der Waals surface area contributed by atoms with Crippen LogP contribution in [0.5, 0.6) is 0 Å². The van der Waals surface area contributed by atoms with Gasteiger partial charge in [0.2, 0.25) is 0 Å². The van der Waals surface area contributed by atoms with Gasteiger partial charge in [0.15, 0.2) is 0 Å². The van der Waals surface area contributed by atoms with Gasteiger partial charge in [-0.1, -0.05) is 33.6 Å². The molecule has 0 amide bonds. The van der Waals surface area contributed by atoms with Crippen molar-refractivity contribution < 1.29 is 5.11 Å². The standard InChI is InChI=1S/C14H13BrClNO/c1-9-5-10(8-17-7-9)14(2,18)12-4-3-11(15)6-13(12)16/h3-8,18H,1-2H3. The number of aromatic nitrogens is 1. The van der Waals surface area contributed by atoms with E-state index in [9.17, 15) is 5.11 Å². The van der Waals surface area contributed by atoms with Gasteiger partial charge in [0.05, 0.1) is 0 Å². The van der Waals surface area contributed by atoms with Crippen molar-refractivity contribution in [3.05, 3.63) is 62.8 Å². The largest absolute Gasteiger partial charge is 0.381 e. The van der Waals surface area contributed by atoms with Crippen LogP contribution in [0.3, 0.4) is 0 Å². The number of pyridine rings is 1. The minimum absolute atomic E-state index is 0.524. The summed E-state index contributed by atoms with van der Waals surface area (Å²) < 4.78 is 0.884. The summed E-state index contributed by atoms with van der Waals surface area (Å²) in [6.07, 6.45) is 3.41. The molecule has 0 fully saturated rings. The fraction of sp³-hybridized carbons (Fsp3) is 0.214. The lowest BCUT2D eigenvalue weighted by molar-refractivity contribution is 0.102. The van der Waals surface area contributed by atoms with Crippen molar-refractivity contribution in [2.24, 2.45) is 0 Å². The van der Waals surface area contributed by atoms with Crippen LogP contribution in [0.15, 0.2) is 41.1 Å². The van der Waals surface area contributed by atoms with E-state index in [4.69, 9.17) is 11.6 Å². The summed E-state index contributed by atoms with van der Waals surface area (Å²) in [4.78, 5) is 4.11. The highest BCUT2D eigenvalue weighted by atomic mass is 79.9. The molecule has 0 aliphatic rings. The first kappa shape index (κ1) is 13.5. The SMILES string of the molecule is Cc1cncc(C(C)(O)c2ccc(Br)cc2Cl)c1. The van der Waals surface area contributed by atoms with E-state index in [-0.39, 0.29) is 0 Å². The van der Waals surface area contributed by atoms with Crippen LogP contribution in [0.25, 0.3) is 0 Å². The number of aliphatic hydroxyl groups is 1. The van der Waals surface area contributed by atoms with E-state index >= 15 is 0 Å². The van der Waals surface area contributed by atoms with Crippen LogP contribution in [0.1, 0.15) is 23.6 Å². The first-order valence-electron chi connectivity index (χ1n) is 5.51. The Balaban J connectivity index is 2.53. The summed E-state index contributed by atoms with van der Waals surface area (Å²) in [6, 6.07) is 7.35. The molecule has 1 aromatic carbocycles. The molecule has 0 bridgehead atoms. The van der Waals surface area contributed by atoms with E-state index < -0.39 is 5.60 Å². The summed E-state index contributed by atoms with van der Waals surface area (Å²) in [5.74, 6) is 0. The Kier molecular flexibility index (Phi) is 3.76. The zero-order valence-electron chi connectivity index (χ0n) is 10.1. The van der Waals surface area contributed by atoms with Gasteiger partial charge in [-0.25, -0.2) is 0 Å². The normalized spacial score (nSPS) is 14.3. The molecule has 1 unspecified atom stereocenters. The van der Waals surface area contributed by atoms with Crippen LogP contribution in [0.4, 0.5) is 0 Å². The molecule has 4 heteroatoms. The topological polar surface area (TPSA) is 33.1 Å². The summed E-state index contributed by atoms with van der Waals surface area (Å²) in [7, 11) is 0. The Bertz CT molecular complexity index is 584. The van der Waals surface area contributed by atoms with E-state index in [1.54, 1.807) is 25.4 Å². The summed E-state index contributed by atoms with van der Waals surface area (Å²) in [5.41, 5.74) is 1.24. The second kappa shape index (κ2) is 5.00. The first-order chi connectivity index (χ1) is 8.41. The monoisotopic (exact) mass is 325 g/mol. The average Bonchev–Trinajstić information content (AvgIpc) is 2.28. The van der Waals surface area contributed by atoms with Crippen LogP contribution >= 0.6 is 27.5 Å². The number of aryl methyl sites for hydroxylation is 1. The maximum Gasteiger partial charge on any atom is 0.115 e. The molecular weight excluding hydrogens is 314 g/mol. The predicted octanol–water partition coefficient (Wildman–Crippen LogP) is 4.06. The van der Waals surface area contributed by atoms with Crippen molar-refractivity contribution in [2.75, 3.05) is 0 Å². The molecular formula is C14H13BrClNO. The molecule has 0 spiro atoms. The van der Waals surface area contributed by atoms with Gasteiger partial charge in [0, 0.05) is 33.0 Å². The molecule has 1 atom stereocenters. The highest BCUT2D eigenvalue weighted by Gasteiger charge is 2.28. The first-order valence-corrected chi connectivity index (χ1v) is 6.68. The lowest BCUT2D eigenvalue weighted by Gasteiger charge is -2.25. The van der Waals surface area contributed by atoms with E-state index in [2.05, 4.69) is 20.9 Å². The second-order valence-corrected chi connectivity index (χ2v) is 5.77. The van der Waals surface area contributed by atoms with Crippen LogP contribution < -0.4 is 0 Å². The molecule has 2 aromatic rings. The lowest BCUT2D eigenvalue weighted by Crippen LogP contribution is -2.23. The quantitative estimate of drug-likeness (QED) is 0.902. The number of nitrogens with zero attached hydrogens (tertiary/aromatic N) is 1. The van der Waals surface area contributed by atoms with Gasteiger partial charge in [0.1, 0.15) is 5.60 Å². The second-order valence-electron chi connectivity index (χ2n) is 4.45. The number of rotatable bonds is 2. The third kappa shape index (κ3) is 2.58. The van der Waals surface area contributed by atoms with Crippen molar-refractivity contribution in [1.29, 1.82) is 0 Å². The molecule has 2 nitrogen and oxygen atoms in total. The third-order valence-corrected chi connectivity index (χ3v) is 3.70. The molecule has 0 saturated carbocycles. The van der Waals surface area contributed by atoms with Crippen LogP contribution in [0.2, 0.25) is 5.02 Å². The van der Waals surface area contributed by atoms with Crippen molar-refractivity contribution >= 4 is 27.5 Å². The maximum atomic E-state index is 10.7. The molecule has 0 aliphatic heterocycles. The Hall–Kier alpha value is -0.900. The van der Waals surface area contributed by atoms with Gasteiger partial charge in [-0.2, -0.15) is 0 Å². The fourth-order valence-electron chi connectivity index (χ4n) is 1.86. The molecule has 94 valence electrons. The Morgan fingerprint density at radius 1 is 1.28 bits per heavy atom. The molecule has 18 heavy (non-hydrogen) atoms. The molecule has 0 radical (unpaired) electrons. The molecule has 1 N–H and O–H groups in total. The number of benzene rings is 1. The van der Waals surface area contributed by atoms with Gasteiger partial charge in [-0.15, -0.1) is 0 Å². The summed E-state index contributed by atoms with van der Waals surface area (Å²) in [5, 5.41) is 11.2. The number of hydrogen-bond donors (Lipinski definition) is 1. The van der Waals surface area contributed by atoms with Gasteiger partial charge in [-0.3, -0.25) is 4.98 Å². The predicted molar refractivity (Wildman–Crippen MR) is 76.8 cm³/mol. The maximum absolute atomic E-state index is 10.7. The average molecular weight is 327 g/mol. The number of halogens is 2. The summed E-state index contributed by atoms with van der Waals surface area (Å²) in [6.45, 7) is 3.66. The van der Waals surface area contributed by atoms with E-state index in [0.29, 0.717) is 10.6 Å². The zero-order chi connectivity index (χ0) is 13.3. The van der Waals surface area contributed by atoms with Crippen LogP contribution in [-0.2, 0) is 5.60 Å². The number of hydrogen-bond acceptors (Lipinski definition) is 2. The van der Waals surface area contributed by atoms with Crippen molar-refractivity contribution in [2.45, 2.75) is 19.4 Å². The Labute approximate surface area is 120 Å². The van der Waals surface area contributed by atoms with Crippen LogP contribution in [-0.4, -0.2) is 10.1 Å². The van der Waals surface area contributed by atoms with Crippen LogP contribution in [0, 0.1) is 6.92 Å². The smallest absolute Gasteiger partial charge is 0.115 e. The third-order valence-electron chi connectivity index (χ3n) is 2.89. The highest BCUT2D eigenvalue weighted by Crippen LogP contribution is 2.35. The molecule has 0 aliphatic carbocycles. The summed E-state index contributed by atoms with van der Waals surface area (Å²) >= 11 is 9.55. The molecule has 0 saturated heterocycles. The zero-order valence-corrected chi connectivity index (χ0v) is 12.5. The van der Waals surface area contributed by atoms with Crippen molar-refractivity contribution in [3.63, 3.8) is 0 Å². The Morgan fingerprint density at radius 3 is 2.61 bits per heavy atom. The molecule has 1 aromatic heterocycles. The van der Waals surface area contributed by atoms with E-state index in [0.717, 1.165) is 15.6 Å². The van der Waals surface area contributed by atoms with Gasteiger partial charge in [0.25, 0.3) is 0 Å². The van der Waals surface area contributed by atoms with E-state index in [1.807, 2.05) is 25.1 Å². The molecule has 1 heterocycles. The van der Waals surface area contributed by atoms with E-state index in [1.165, 1.54) is 0 Å². The highest BCUT2D eigenvalue weighted by molar-refractivity contribution is 9.10. The fourth-order valence-corrected chi connectivity index (χ4v) is 2.72. The van der Waals surface area contributed by atoms with Gasteiger partial charge in [-0.05, 0) is 37.6 Å². The molecule has 2 rings (SSSR count). The lowest BCUT2D eigenvalue weighted by atomic mass is 9.89. The minimum Gasteiger partial charge on any atom is -0.381 e. The van der Waals surface area contributed by atoms with Gasteiger partial charge < -0.3 is 5.11 Å². The van der Waals surface area contributed by atoms with Gasteiger partial charge >= 0.3 is 0 Å². The Morgan fingerprint density at radius 2 is 2.00 bits per heavy atom. The van der Waals surface area contributed by atoms with Crippen molar-refractivity contribution in [3.8, 4) is 0 Å². The minimum atomic E-state index is -1.16. The van der Waals surface area contributed by atoms with Crippen molar-refractivity contribution in [1.82, 2.24) is 4.98 Å².